The molecule has 23 heavy (non-hydrogen) atoms. The molecular weight excluding hydrogens is 330 g/mol. The molecule has 5 nitrogen and oxygen atoms in total. The average Bonchev–Trinajstić information content (AvgIpc) is 2.56. The molecule has 0 atom stereocenters. The lowest BCUT2D eigenvalue weighted by atomic mass is 10.2. The van der Waals surface area contributed by atoms with Crippen LogP contribution < -0.4 is 16.4 Å². The molecule has 0 saturated heterocycles. The van der Waals surface area contributed by atoms with Gasteiger partial charge in [-0.25, -0.2) is 4.99 Å². The molecule has 0 aliphatic carbocycles. The van der Waals surface area contributed by atoms with E-state index < -0.39 is 0 Å². The van der Waals surface area contributed by atoms with Gasteiger partial charge in [-0.1, -0.05) is 41.9 Å². The van der Waals surface area contributed by atoms with Crippen LogP contribution in [0.5, 0.6) is 0 Å². The smallest absolute Gasteiger partial charge is 0.195 e. The quantitative estimate of drug-likeness (QED) is 0.439. The SMILES string of the molecule is NC(=NCc1ccccc1)NC(=S)NCCc1ncccc1Cl. The molecule has 1 aromatic carbocycles. The first-order valence-corrected chi connectivity index (χ1v) is 7.92. The molecule has 0 aliphatic rings. The topological polar surface area (TPSA) is 75.3 Å². The van der Waals surface area contributed by atoms with Gasteiger partial charge in [-0.2, -0.15) is 0 Å². The molecule has 120 valence electrons. The lowest BCUT2D eigenvalue weighted by Gasteiger charge is -2.10. The molecule has 0 spiro atoms. The van der Waals surface area contributed by atoms with E-state index in [1.54, 1.807) is 12.3 Å². The molecular formula is C16H18ClN5S. The van der Waals surface area contributed by atoms with Crippen molar-refractivity contribution in [1.29, 1.82) is 0 Å². The zero-order valence-corrected chi connectivity index (χ0v) is 14.1. The number of hydrogen-bond donors (Lipinski definition) is 3. The van der Waals surface area contributed by atoms with E-state index in [1.807, 2.05) is 36.4 Å². The fraction of sp³-hybridized carbons (Fsp3) is 0.188. The minimum atomic E-state index is 0.280. The highest BCUT2D eigenvalue weighted by atomic mass is 35.5. The minimum Gasteiger partial charge on any atom is -0.370 e. The summed E-state index contributed by atoms with van der Waals surface area (Å²) in [7, 11) is 0. The van der Waals surface area contributed by atoms with E-state index in [0.717, 1.165) is 11.3 Å². The number of hydrogen-bond acceptors (Lipinski definition) is 3. The molecule has 0 saturated carbocycles. The zero-order chi connectivity index (χ0) is 16.5. The molecule has 0 unspecified atom stereocenters. The van der Waals surface area contributed by atoms with Gasteiger partial charge in [0.15, 0.2) is 11.1 Å². The molecule has 2 aromatic rings. The largest absolute Gasteiger partial charge is 0.370 e. The van der Waals surface area contributed by atoms with Gasteiger partial charge in [0, 0.05) is 19.2 Å². The maximum Gasteiger partial charge on any atom is 0.195 e. The van der Waals surface area contributed by atoms with E-state index >= 15 is 0 Å². The Morgan fingerprint density at radius 3 is 2.74 bits per heavy atom. The Hall–Kier alpha value is -2.18. The summed E-state index contributed by atoms with van der Waals surface area (Å²) < 4.78 is 0. The second-order valence-electron chi connectivity index (χ2n) is 4.75. The van der Waals surface area contributed by atoms with Crippen molar-refractivity contribution >= 4 is 34.9 Å². The normalized spacial score (nSPS) is 11.1. The highest BCUT2D eigenvalue weighted by molar-refractivity contribution is 7.80. The first-order chi connectivity index (χ1) is 11.1. The van der Waals surface area contributed by atoms with Gasteiger partial charge in [-0.3, -0.25) is 4.98 Å². The standard InChI is InChI=1S/C16H18ClN5S/c17-13-7-4-9-19-14(13)8-10-20-16(23)22-15(18)21-11-12-5-2-1-3-6-12/h1-7,9H,8,10-11H2,(H4,18,20,21,22,23). The van der Waals surface area contributed by atoms with Crippen LogP contribution in [0.3, 0.4) is 0 Å². The molecule has 0 radical (unpaired) electrons. The number of nitrogens with one attached hydrogen (secondary N) is 2. The van der Waals surface area contributed by atoms with Crippen molar-refractivity contribution in [2.24, 2.45) is 10.7 Å². The molecule has 0 fully saturated rings. The van der Waals surface area contributed by atoms with Gasteiger partial charge in [0.25, 0.3) is 0 Å². The molecule has 0 bridgehead atoms. The Morgan fingerprint density at radius 1 is 1.22 bits per heavy atom. The van der Waals surface area contributed by atoms with Gasteiger partial charge in [0.2, 0.25) is 0 Å². The van der Waals surface area contributed by atoms with Crippen LogP contribution in [0.25, 0.3) is 0 Å². The van der Waals surface area contributed by atoms with E-state index in [1.165, 1.54) is 0 Å². The molecule has 4 N–H and O–H groups in total. The molecule has 2 rings (SSSR count). The summed E-state index contributed by atoms with van der Waals surface area (Å²) in [6.07, 6.45) is 2.38. The van der Waals surface area contributed by atoms with E-state index in [2.05, 4.69) is 20.6 Å². The Labute approximate surface area is 146 Å². The highest BCUT2D eigenvalue weighted by Crippen LogP contribution is 2.11. The van der Waals surface area contributed by atoms with Gasteiger partial charge in [0.05, 0.1) is 17.3 Å². The number of nitrogens with two attached hydrogens (primary N) is 1. The van der Waals surface area contributed by atoms with E-state index in [0.29, 0.717) is 29.6 Å². The fourth-order valence-electron chi connectivity index (χ4n) is 1.86. The molecule has 0 amide bonds. The van der Waals surface area contributed by atoms with Gasteiger partial charge in [-0.05, 0) is 29.9 Å². The number of pyridine rings is 1. The van der Waals surface area contributed by atoms with Crippen molar-refractivity contribution in [2.75, 3.05) is 6.54 Å². The highest BCUT2D eigenvalue weighted by Gasteiger charge is 2.02. The lowest BCUT2D eigenvalue weighted by molar-refractivity contribution is 0.836. The summed E-state index contributed by atoms with van der Waals surface area (Å²) in [5.74, 6) is 0.280. The van der Waals surface area contributed by atoms with Gasteiger partial charge >= 0.3 is 0 Å². The van der Waals surface area contributed by atoms with Crippen LogP contribution in [-0.4, -0.2) is 22.6 Å². The minimum absolute atomic E-state index is 0.280. The van der Waals surface area contributed by atoms with Crippen molar-refractivity contribution in [1.82, 2.24) is 15.6 Å². The number of rotatable bonds is 5. The predicted octanol–water partition coefficient (Wildman–Crippen LogP) is 2.26. The lowest BCUT2D eigenvalue weighted by Crippen LogP contribution is -2.43. The molecule has 1 heterocycles. The average molecular weight is 348 g/mol. The summed E-state index contributed by atoms with van der Waals surface area (Å²) in [4.78, 5) is 8.45. The monoisotopic (exact) mass is 347 g/mol. The maximum atomic E-state index is 6.05. The molecule has 1 aromatic heterocycles. The van der Waals surface area contributed by atoms with Gasteiger partial charge in [0.1, 0.15) is 0 Å². The Kier molecular flexibility index (Phi) is 6.77. The fourth-order valence-corrected chi connectivity index (χ4v) is 2.28. The second-order valence-corrected chi connectivity index (χ2v) is 5.57. The van der Waals surface area contributed by atoms with Crippen LogP contribution in [0, 0.1) is 0 Å². The number of aliphatic imine (C=N–C) groups is 1. The third kappa shape index (κ3) is 6.22. The Morgan fingerprint density at radius 2 is 2.00 bits per heavy atom. The molecule has 7 heteroatoms. The van der Waals surface area contributed by atoms with E-state index in [-0.39, 0.29) is 5.96 Å². The van der Waals surface area contributed by atoms with Crippen LogP contribution in [0.1, 0.15) is 11.3 Å². The van der Waals surface area contributed by atoms with Crippen molar-refractivity contribution in [3.63, 3.8) is 0 Å². The Bertz CT molecular complexity index is 675. The predicted molar refractivity (Wildman–Crippen MR) is 98.5 cm³/mol. The van der Waals surface area contributed by atoms with Gasteiger partial charge < -0.3 is 16.4 Å². The summed E-state index contributed by atoms with van der Waals surface area (Å²) in [6.45, 7) is 1.11. The number of benzene rings is 1. The van der Waals surface area contributed by atoms with Gasteiger partial charge in [-0.15, -0.1) is 0 Å². The number of guanidine groups is 1. The first kappa shape index (κ1) is 17.2. The van der Waals surface area contributed by atoms with Crippen LogP contribution in [0.15, 0.2) is 53.7 Å². The zero-order valence-electron chi connectivity index (χ0n) is 12.5. The number of nitrogens with zero attached hydrogens (tertiary/aromatic N) is 2. The van der Waals surface area contributed by atoms with Crippen LogP contribution >= 0.6 is 23.8 Å². The van der Waals surface area contributed by atoms with Crippen LogP contribution in [-0.2, 0) is 13.0 Å². The Balaban J connectivity index is 1.73. The number of aromatic nitrogens is 1. The van der Waals surface area contributed by atoms with Crippen LogP contribution in [0.2, 0.25) is 5.02 Å². The summed E-state index contributed by atoms with van der Waals surface area (Å²) in [5, 5.41) is 6.97. The maximum absolute atomic E-state index is 6.05. The van der Waals surface area contributed by atoms with Crippen molar-refractivity contribution < 1.29 is 0 Å². The van der Waals surface area contributed by atoms with E-state index in [4.69, 9.17) is 29.6 Å². The van der Waals surface area contributed by atoms with Crippen molar-refractivity contribution in [3.05, 3.63) is 64.9 Å². The summed E-state index contributed by atoms with van der Waals surface area (Å²) in [5.41, 5.74) is 7.72. The summed E-state index contributed by atoms with van der Waals surface area (Å²) in [6, 6.07) is 13.5. The van der Waals surface area contributed by atoms with Crippen LogP contribution in [0.4, 0.5) is 0 Å². The van der Waals surface area contributed by atoms with E-state index in [9.17, 15) is 0 Å². The number of halogens is 1. The number of thiocarbonyl (C=S) groups is 1. The second kappa shape index (κ2) is 9.07. The first-order valence-electron chi connectivity index (χ1n) is 7.13. The van der Waals surface area contributed by atoms with Crippen molar-refractivity contribution in [3.8, 4) is 0 Å². The van der Waals surface area contributed by atoms with Crippen molar-refractivity contribution in [2.45, 2.75) is 13.0 Å². The summed E-state index contributed by atoms with van der Waals surface area (Å²) >= 11 is 11.2. The molecule has 0 aliphatic heterocycles. The third-order valence-electron chi connectivity index (χ3n) is 3.00. The third-order valence-corrected chi connectivity index (χ3v) is 3.59.